The van der Waals surface area contributed by atoms with Crippen molar-refractivity contribution in [1.82, 2.24) is 5.32 Å². The molecule has 0 saturated carbocycles. The van der Waals surface area contributed by atoms with E-state index in [1.165, 1.54) is 12.1 Å². The van der Waals surface area contributed by atoms with Gasteiger partial charge in [-0.25, -0.2) is 18.0 Å². The highest BCUT2D eigenvalue weighted by molar-refractivity contribution is 9.10. The lowest BCUT2D eigenvalue weighted by atomic mass is 10.00. The molecule has 1 atom stereocenters. The summed E-state index contributed by atoms with van der Waals surface area (Å²) in [4.78, 5) is 10.9. The number of benzene rings is 1. The molecule has 0 spiro atoms. The summed E-state index contributed by atoms with van der Waals surface area (Å²) in [5.41, 5.74) is -0.00708. The van der Waals surface area contributed by atoms with Crippen molar-refractivity contribution in [2.45, 2.75) is 12.0 Å². The Balaban J connectivity index is 2.36. The minimum Gasteiger partial charge on any atom is -0.443 e. The van der Waals surface area contributed by atoms with E-state index in [0.717, 1.165) is 6.07 Å². The van der Waals surface area contributed by atoms with E-state index in [-0.39, 0.29) is 10.0 Å². The predicted octanol–water partition coefficient (Wildman–Crippen LogP) is 3.00. The smallest absolute Gasteiger partial charge is 0.408 e. The van der Waals surface area contributed by atoms with E-state index in [2.05, 4.69) is 20.7 Å². The van der Waals surface area contributed by atoms with Crippen molar-refractivity contribution < 1.29 is 22.7 Å². The summed E-state index contributed by atoms with van der Waals surface area (Å²) in [5.74, 6) is -3.94. The van der Waals surface area contributed by atoms with Crippen LogP contribution in [0.15, 0.2) is 22.7 Å². The van der Waals surface area contributed by atoms with Crippen molar-refractivity contribution in [3.05, 3.63) is 34.1 Å². The van der Waals surface area contributed by atoms with E-state index in [1.54, 1.807) is 0 Å². The van der Waals surface area contributed by atoms with Gasteiger partial charge in [0, 0.05) is 0 Å². The molecule has 2 rings (SSSR count). The molecule has 1 N–H and O–H groups in total. The summed E-state index contributed by atoms with van der Waals surface area (Å²) in [7, 11) is 0. The first-order chi connectivity index (χ1) is 7.90. The number of carbonyl (C=O) groups is 1. The number of amides is 1. The first kappa shape index (κ1) is 12.2. The fourth-order valence-corrected chi connectivity index (χ4v) is 1.78. The van der Waals surface area contributed by atoms with E-state index in [1.807, 2.05) is 5.32 Å². The summed E-state index contributed by atoms with van der Waals surface area (Å²) < 4.78 is 44.6. The van der Waals surface area contributed by atoms with E-state index < -0.39 is 30.5 Å². The molecule has 0 radical (unpaired) electrons. The first-order valence-corrected chi connectivity index (χ1v) is 5.45. The summed E-state index contributed by atoms with van der Waals surface area (Å²) in [6, 6.07) is 2.00. The molecule has 1 amide bonds. The molecule has 1 aromatic rings. The van der Waals surface area contributed by atoms with Gasteiger partial charge in [-0.1, -0.05) is 6.07 Å². The Morgan fingerprint density at radius 1 is 1.47 bits per heavy atom. The zero-order valence-corrected chi connectivity index (χ0v) is 9.93. The number of ether oxygens (including phenoxy) is 1. The lowest BCUT2D eigenvalue weighted by Gasteiger charge is -2.31. The van der Waals surface area contributed by atoms with E-state index >= 15 is 0 Å². The number of nitrogens with one attached hydrogen (secondary N) is 1. The highest BCUT2D eigenvalue weighted by Crippen LogP contribution is 2.35. The van der Waals surface area contributed by atoms with Gasteiger partial charge in [0.2, 0.25) is 0 Å². The standard InChI is InChI=1S/C10H7BrF3NO2/c11-6-2-1-5(3-7(6)12)8-10(13,14)4-17-9(16)15-8/h1-3,8H,4H2,(H,15,16)/t8-/m0/s1. The molecule has 1 saturated heterocycles. The fraction of sp³-hybridized carbons (Fsp3) is 0.300. The maximum Gasteiger partial charge on any atom is 0.408 e. The third kappa shape index (κ3) is 2.38. The zero-order chi connectivity index (χ0) is 12.6. The minimum atomic E-state index is -3.27. The average Bonchev–Trinajstić information content (AvgIpc) is 2.26. The molecular formula is C10H7BrF3NO2. The van der Waals surface area contributed by atoms with Gasteiger partial charge in [0.25, 0.3) is 0 Å². The van der Waals surface area contributed by atoms with Crippen LogP contribution >= 0.6 is 15.9 Å². The van der Waals surface area contributed by atoms with Crippen molar-refractivity contribution in [3.63, 3.8) is 0 Å². The Bertz CT molecular complexity index is 467. The molecule has 7 heteroatoms. The van der Waals surface area contributed by atoms with Crippen molar-refractivity contribution >= 4 is 22.0 Å². The molecule has 0 aliphatic carbocycles. The molecule has 3 nitrogen and oxygen atoms in total. The van der Waals surface area contributed by atoms with Gasteiger partial charge in [-0.2, -0.15) is 0 Å². The Labute approximate surface area is 103 Å². The lowest BCUT2D eigenvalue weighted by Crippen LogP contribution is -2.49. The highest BCUT2D eigenvalue weighted by Gasteiger charge is 2.46. The van der Waals surface area contributed by atoms with Crippen LogP contribution in [0.3, 0.4) is 0 Å². The number of cyclic esters (lactones) is 1. The molecule has 0 bridgehead atoms. The quantitative estimate of drug-likeness (QED) is 0.866. The van der Waals surface area contributed by atoms with Crippen LogP contribution in [0.2, 0.25) is 0 Å². The second kappa shape index (κ2) is 4.21. The molecule has 0 unspecified atom stereocenters. The number of hydrogen-bond acceptors (Lipinski definition) is 2. The van der Waals surface area contributed by atoms with Gasteiger partial charge in [0.1, 0.15) is 11.9 Å². The number of halogens is 4. The maximum atomic E-state index is 13.5. The van der Waals surface area contributed by atoms with Crippen LogP contribution in [0.1, 0.15) is 11.6 Å². The Morgan fingerprint density at radius 3 is 2.82 bits per heavy atom. The lowest BCUT2D eigenvalue weighted by molar-refractivity contribution is -0.104. The number of hydrogen-bond donors (Lipinski definition) is 1. The molecule has 92 valence electrons. The largest absolute Gasteiger partial charge is 0.443 e. The maximum absolute atomic E-state index is 13.5. The van der Waals surface area contributed by atoms with Crippen LogP contribution in [-0.4, -0.2) is 18.6 Å². The molecule has 1 aromatic carbocycles. The van der Waals surface area contributed by atoms with Gasteiger partial charge in [0.15, 0.2) is 6.61 Å². The zero-order valence-electron chi connectivity index (χ0n) is 8.34. The fourth-order valence-electron chi connectivity index (χ4n) is 1.53. The molecule has 1 heterocycles. The van der Waals surface area contributed by atoms with Gasteiger partial charge in [-0.3, -0.25) is 0 Å². The molecule has 17 heavy (non-hydrogen) atoms. The highest BCUT2D eigenvalue weighted by atomic mass is 79.9. The monoisotopic (exact) mass is 309 g/mol. The predicted molar refractivity (Wildman–Crippen MR) is 56.3 cm³/mol. The third-order valence-corrected chi connectivity index (χ3v) is 3.00. The van der Waals surface area contributed by atoms with Gasteiger partial charge in [-0.05, 0) is 33.6 Å². The topological polar surface area (TPSA) is 38.3 Å². The molecule has 1 aliphatic rings. The summed E-state index contributed by atoms with van der Waals surface area (Å²) in [6.07, 6.45) is -0.941. The average molecular weight is 310 g/mol. The van der Waals surface area contributed by atoms with Gasteiger partial charge in [-0.15, -0.1) is 0 Å². The van der Waals surface area contributed by atoms with Crippen LogP contribution in [0, 0.1) is 5.82 Å². The number of alkyl carbamates (subject to hydrolysis) is 1. The molecule has 0 aromatic heterocycles. The summed E-state index contributed by atoms with van der Waals surface area (Å²) in [5, 5.41) is 1.98. The third-order valence-electron chi connectivity index (χ3n) is 2.36. The van der Waals surface area contributed by atoms with Crippen LogP contribution < -0.4 is 5.32 Å². The Hall–Kier alpha value is -1.24. The molecular weight excluding hydrogens is 303 g/mol. The van der Waals surface area contributed by atoms with E-state index in [9.17, 15) is 18.0 Å². The second-order valence-corrected chi connectivity index (χ2v) is 4.44. The number of carbonyl (C=O) groups excluding carboxylic acids is 1. The molecule has 1 aliphatic heterocycles. The van der Waals surface area contributed by atoms with Crippen LogP contribution in [-0.2, 0) is 4.74 Å². The van der Waals surface area contributed by atoms with Crippen molar-refractivity contribution in [3.8, 4) is 0 Å². The SMILES string of the molecule is O=C1N[C@@H](c2ccc(Br)c(F)c2)C(F)(F)CO1. The summed E-state index contributed by atoms with van der Waals surface area (Å²) >= 11 is 2.92. The van der Waals surface area contributed by atoms with Gasteiger partial charge in [0.05, 0.1) is 4.47 Å². The Morgan fingerprint density at radius 2 is 2.18 bits per heavy atom. The molecule has 1 fully saturated rings. The van der Waals surface area contributed by atoms with Gasteiger partial charge >= 0.3 is 12.0 Å². The number of alkyl halides is 2. The van der Waals surface area contributed by atoms with Crippen LogP contribution in [0.5, 0.6) is 0 Å². The Kier molecular flexibility index (Phi) is 3.03. The minimum absolute atomic E-state index is 0.00708. The normalized spacial score (nSPS) is 22.8. The van der Waals surface area contributed by atoms with Crippen molar-refractivity contribution in [2.75, 3.05) is 6.61 Å². The first-order valence-electron chi connectivity index (χ1n) is 4.66. The number of rotatable bonds is 1. The second-order valence-electron chi connectivity index (χ2n) is 3.59. The van der Waals surface area contributed by atoms with Crippen LogP contribution in [0.25, 0.3) is 0 Å². The van der Waals surface area contributed by atoms with Crippen LogP contribution in [0.4, 0.5) is 18.0 Å². The van der Waals surface area contributed by atoms with Gasteiger partial charge < -0.3 is 10.1 Å². The van der Waals surface area contributed by atoms with E-state index in [0.29, 0.717) is 0 Å². The summed E-state index contributed by atoms with van der Waals surface area (Å²) in [6.45, 7) is -1.01. The van der Waals surface area contributed by atoms with Crippen molar-refractivity contribution in [1.29, 1.82) is 0 Å². The van der Waals surface area contributed by atoms with Crippen molar-refractivity contribution in [2.24, 2.45) is 0 Å². The van der Waals surface area contributed by atoms with E-state index in [4.69, 9.17) is 0 Å².